The molecule has 2 heterocycles. The molecule has 0 aromatic carbocycles. The van der Waals surface area contributed by atoms with E-state index in [-0.39, 0.29) is 0 Å². The van der Waals surface area contributed by atoms with Crippen molar-refractivity contribution in [1.82, 2.24) is 19.9 Å². The van der Waals surface area contributed by atoms with E-state index in [1.54, 1.807) is 12.7 Å². The van der Waals surface area contributed by atoms with Gasteiger partial charge in [0, 0.05) is 0 Å². The molecule has 0 saturated heterocycles. The summed E-state index contributed by atoms with van der Waals surface area (Å²) in [5.41, 5.74) is 3.69. The topological polar surface area (TPSA) is 63.7 Å². The summed E-state index contributed by atoms with van der Waals surface area (Å²) in [5, 5.41) is 0. The fourth-order valence-electron chi connectivity index (χ4n) is 3.62. The van der Waals surface area contributed by atoms with Gasteiger partial charge in [0.2, 0.25) is 0 Å². The molecule has 2 aromatic rings. The van der Waals surface area contributed by atoms with Crippen LogP contribution < -0.4 is 0 Å². The first kappa shape index (κ1) is 23.5. The Hall–Kier alpha value is -1.79. The van der Waals surface area contributed by atoms with Crippen LogP contribution in [0.15, 0.2) is 30.4 Å². The van der Waals surface area contributed by atoms with Crippen molar-refractivity contribution in [2.75, 3.05) is 6.61 Å². The van der Waals surface area contributed by atoms with Gasteiger partial charge in [0.05, 0.1) is 18.6 Å². The summed E-state index contributed by atoms with van der Waals surface area (Å²) in [6, 6.07) is 3.93. The van der Waals surface area contributed by atoms with Gasteiger partial charge in [0.15, 0.2) is 14.0 Å². The highest BCUT2D eigenvalue weighted by Gasteiger charge is 2.33. The molecule has 0 atom stereocenters. The molecule has 5 nitrogen and oxygen atoms in total. The SMILES string of the molecule is CCCC[Si](CCCC)(CCCC)OC/C(C)=C/C=C/c1ncnc2nc[nH]c12. The van der Waals surface area contributed by atoms with Crippen molar-refractivity contribution in [3.05, 3.63) is 36.1 Å². The van der Waals surface area contributed by atoms with Gasteiger partial charge in [0.1, 0.15) is 11.8 Å². The summed E-state index contributed by atoms with van der Waals surface area (Å²) in [6.45, 7) is 9.78. The molecule has 0 aliphatic carbocycles. The first-order valence-electron chi connectivity index (χ1n) is 11.3. The maximum atomic E-state index is 6.75. The fourth-order valence-corrected chi connectivity index (χ4v) is 8.33. The number of nitrogens with zero attached hydrogens (tertiary/aromatic N) is 3. The van der Waals surface area contributed by atoms with Gasteiger partial charge < -0.3 is 9.41 Å². The Morgan fingerprint density at radius 1 is 1.00 bits per heavy atom. The summed E-state index contributed by atoms with van der Waals surface area (Å²) in [6.07, 6.45) is 17.1. The first-order valence-corrected chi connectivity index (χ1v) is 13.8. The molecule has 0 unspecified atom stereocenters. The van der Waals surface area contributed by atoms with Gasteiger partial charge in [-0.15, -0.1) is 0 Å². The highest BCUT2D eigenvalue weighted by atomic mass is 28.4. The number of allylic oxidation sites excluding steroid dienone is 2. The maximum Gasteiger partial charge on any atom is 0.193 e. The fraction of sp³-hybridized carbons (Fsp3) is 0.609. The number of imidazole rings is 1. The minimum absolute atomic E-state index is 0.697. The smallest absolute Gasteiger partial charge is 0.193 e. The molecule has 0 aliphatic rings. The van der Waals surface area contributed by atoms with Crippen LogP contribution in [0, 0.1) is 0 Å². The Morgan fingerprint density at radius 3 is 2.28 bits per heavy atom. The molecule has 0 saturated carbocycles. The molecule has 0 amide bonds. The number of H-pyrrole nitrogens is 1. The summed E-state index contributed by atoms with van der Waals surface area (Å²) in [4.78, 5) is 15.8. The van der Waals surface area contributed by atoms with E-state index in [0.29, 0.717) is 5.65 Å². The lowest BCUT2D eigenvalue weighted by atomic mass is 10.2. The highest BCUT2D eigenvalue weighted by Crippen LogP contribution is 2.30. The summed E-state index contributed by atoms with van der Waals surface area (Å²) in [5.74, 6) is 0. The van der Waals surface area contributed by atoms with Crippen LogP contribution in [-0.4, -0.2) is 34.9 Å². The van der Waals surface area contributed by atoms with Crippen LogP contribution in [0.5, 0.6) is 0 Å². The van der Waals surface area contributed by atoms with Gasteiger partial charge >= 0.3 is 0 Å². The molecule has 0 radical (unpaired) electrons. The zero-order valence-electron chi connectivity index (χ0n) is 18.7. The molecular formula is C23H38N4OSi. The third-order valence-corrected chi connectivity index (χ3v) is 10.0. The number of nitrogens with one attached hydrogen (secondary N) is 1. The van der Waals surface area contributed by atoms with Crippen molar-refractivity contribution in [2.45, 2.75) is 84.4 Å². The lowest BCUT2D eigenvalue weighted by Gasteiger charge is -2.32. The van der Waals surface area contributed by atoms with E-state index in [1.807, 2.05) is 6.08 Å². The molecule has 0 fully saturated rings. The number of unbranched alkanes of at least 4 members (excludes halogenated alkanes) is 3. The van der Waals surface area contributed by atoms with E-state index >= 15 is 0 Å². The van der Waals surface area contributed by atoms with E-state index in [0.717, 1.165) is 17.8 Å². The molecule has 0 bridgehead atoms. The summed E-state index contributed by atoms with van der Waals surface area (Å²) in [7, 11) is -1.65. The lowest BCUT2D eigenvalue weighted by Crippen LogP contribution is -2.38. The van der Waals surface area contributed by atoms with Gasteiger partial charge in [-0.05, 0) is 36.7 Å². The van der Waals surface area contributed by atoms with Crippen LogP contribution in [0.4, 0.5) is 0 Å². The number of aromatic amines is 1. The Morgan fingerprint density at radius 2 is 1.66 bits per heavy atom. The van der Waals surface area contributed by atoms with Crippen molar-refractivity contribution >= 4 is 25.6 Å². The Balaban J connectivity index is 2.02. The van der Waals surface area contributed by atoms with Gasteiger partial charge in [0.25, 0.3) is 0 Å². The molecule has 2 rings (SSSR count). The normalized spacial score (nSPS) is 13.0. The van der Waals surface area contributed by atoms with E-state index in [1.165, 1.54) is 62.2 Å². The molecule has 160 valence electrons. The third kappa shape index (κ3) is 7.51. The number of hydrogen-bond donors (Lipinski definition) is 1. The van der Waals surface area contributed by atoms with E-state index in [2.05, 4.69) is 59.8 Å². The molecule has 0 aliphatic heterocycles. The molecular weight excluding hydrogens is 376 g/mol. The number of fused-ring (bicyclic) bond motifs is 1. The van der Waals surface area contributed by atoms with Crippen molar-refractivity contribution in [1.29, 1.82) is 0 Å². The van der Waals surface area contributed by atoms with Crippen molar-refractivity contribution < 1.29 is 4.43 Å². The standard InChI is InChI=1S/C23H38N4OSi/c1-5-8-14-29(15-9-6-2,16-10-7-3)28-17-20(4)12-11-13-21-22-23(26-18-24-21)27-19-25-22/h11-13,18-19H,5-10,14-17H2,1-4H3,(H,24,25,26,27)/b13-11+,20-12+. The van der Waals surface area contributed by atoms with Crippen molar-refractivity contribution in [3.63, 3.8) is 0 Å². The third-order valence-electron chi connectivity index (χ3n) is 5.45. The van der Waals surface area contributed by atoms with E-state index < -0.39 is 8.32 Å². The Bertz CT molecular complexity index is 762. The van der Waals surface area contributed by atoms with Crippen LogP contribution in [0.25, 0.3) is 17.2 Å². The second kappa shape index (κ2) is 12.7. The average molecular weight is 415 g/mol. The quantitative estimate of drug-likeness (QED) is 0.277. The number of aromatic nitrogens is 4. The van der Waals surface area contributed by atoms with Crippen LogP contribution in [0.2, 0.25) is 18.1 Å². The summed E-state index contributed by atoms with van der Waals surface area (Å²) < 4.78 is 6.75. The Kier molecular flexibility index (Phi) is 10.3. The van der Waals surface area contributed by atoms with E-state index in [4.69, 9.17) is 4.43 Å². The van der Waals surface area contributed by atoms with Gasteiger partial charge in [-0.3, -0.25) is 0 Å². The van der Waals surface area contributed by atoms with Crippen LogP contribution in [-0.2, 0) is 4.43 Å². The second-order valence-electron chi connectivity index (χ2n) is 8.01. The predicted octanol–water partition coefficient (Wildman–Crippen LogP) is 6.67. The van der Waals surface area contributed by atoms with Gasteiger partial charge in [-0.2, -0.15) is 0 Å². The first-order chi connectivity index (χ1) is 14.1. The van der Waals surface area contributed by atoms with E-state index in [9.17, 15) is 0 Å². The molecule has 2 aromatic heterocycles. The van der Waals surface area contributed by atoms with Crippen molar-refractivity contribution in [2.24, 2.45) is 0 Å². The maximum absolute atomic E-state index is 6.75. The zero-order valence-corrected chi connectivity index (χ0v) is 19.7. The van der Waals surface area contributed by atoms with Gasteiger partial charge in [-0.25, -0.2) is 15.0 Å². The number of rotatable bonds is 14. The predicted molar refractivity (Wildman–Crippen MR) is 125 cm³/mol. The minimum Gasteiger partial charge on any atom is -0.413 e. The van der Waals surface area contributed by atoms with Crippen LogP contribution >= 0.6 is 0 Å². The van der Waals surface area contributed by atoms with Gasteiger partial charge in [-0.1, -0.05) is 71.4 Å². The molecule has 0 spiro atoms. The summed E-state index contributed by atoms with van der Waals surface area (Å²) >= 11 is 0. The monoisotopic (exact) mass is 414 g/mol. The molecule has 1 N–H and O–H groups in total. The second-order valence-corrected chi connectivity index (χ2v) is 12.2. The Labute approximate surface area is 177 Å². The highest BCUT2D eigenvalue weighted by molar-refractivity contribution is 6.73. The molecule has 6 heteroatoms. The average Bonchev–Trinajstić information content (AvgIpc) is 3.22. The van der Waals surface area contributed by atoms with Crippen LogP contribution in [0.1, 0.15) is 71.9 Å². The van der Waals surface area contributed by atoms with Crippen molar-refractivity contribution in [3.8, 4) is 0 Å². The minimum atomic E-state index is -1.65. The lowest BCUT2D eigenvalue weighted by molar-refractivity contribution is 0.325. The zero-order chi connectivity index (χ0) is 21.0. The largest absolute Gasteiger partial charge is 0.413 e. The molecule has 29 heavy (non-hydrogen) atoms. The van der Waals surface area contributed by atoms with Crippen LogP contribution in [0.3, 0.4) is 0 Å². The number of hydrogen-bond acceptors (Lipinski definition) is 4.